The molecule has 0 aliphatic carbocycles. The molecular formula is C23H35F3N6O. The Kier molecular flexibility index (Phi) is 6.93. The van der Waals surface area contributed by atoms with Crippen LogP contribution in [0.25, 0.3) is 0 Å². The molecule has 4 fully saturated rings. The molecule has 0 saturated carbocycles. The van der Waals surface area contributed by atoms with E-state index < -0.39 is 24.6 Å². The first-order chi connectivity index (χ1) is 15.9. The second-order valence-electron chi connectivity index (χ2n) is 10.0. The highest BCUT2D eigenvalue weighted by Gasteiger charge is 2.51. The van der Waals surface area contributed by atoms with E-state index in [1.807, 2.05) is 24.5 Å². The van der Waals surface area contributed by atoms with Gasteiger partial charge in [-0.25, -0.2) is 10.9 Å². The van der Waals surface area contributed by atoms with Crippen LogP contribution in [0.1, 0.15) is 62.8 Å². The van der Waals surface area contributed by atoms with Gasteiger partial charge in [0.1, 0.15) is 12.5 Å². The summed E-state index contributed by atoms with van der Waals surface area (Å²) < 4.78 is 47.4. The average molecular weight is 469 g/mol. The van der Waals surface area contributed by atoms with Crippen molar-refractivity contribution in [3.8, 4) is 0 Å². The van der Waals surface area contributed by atoms with Gasteiger partial charge in [0.25, 0.3) is 0 Å². The maximum Gasteiger partial charge on any atom is 0.395 e. The summed E-state index contributed by atoms with van der Waals surface area (Å²) in [4.78, 5) is 6.75. The van der Waals surface area contributed by atoms with Crippen LogP contribution in [0.3, 0.4) is 0 Å². The number of hydrogen-bond acceptors (Lipinski definition) is 7. The zero-order valence-corrected chi connectivity index (χ0v) is 18.8. The van der Waals surface area contributed by atoms with Crippen molar-refractivity contribution in [2.45, 2.75) is 100 Å². The van der Waals surface area contributed by atoms with Gasteiger partial charge in [0.2, 0.25) is 0 Å². The standard InChI is InChI=1S/C23H35F3N6O/c24-23(25,26)17-7-3-1-2-5-15-6-4-12-32(15)20-16(14-8-10-28-11-9-14)13-18(27)19(29-20)22-31-30-21(17)33-22/h8-11,15-22,29-31H,1-7,12-13,27H2/t15-,16?,17?,18?,19?,20?,21?,22?/m1/s1. The van der Waals surface area contributed by atoms with Crippen molar-refractivity contribution < 1.29 is 17.9 Å². The summed E-state index contributed by atoms with van der Waals surface area (Å²) in [6.45, 7) is 1.02. The number of fused-ring (bicyclic) bond motifs is 7. The predicted octanol–water partition coefficient (Wildman–Crippen LogP) is 2.56. The van der Waals surface area contributed by atoms with Gasteiger partial charge in [0.15, 0.2) is 0 Å². The van der Waals surface area contributed by atoms with E-state index in [4.69, 9.17) is 10.5 Å². The summed E-state index contributed by atoms with van der Waals surface area (Å²) in [6.07, 6.45) is 4.01. The number of piperidine rings is 1. The first-order valence-corrected chi connectivity index (χ1v) is 12.3. The number of hydrogen-bond donors (Lipinski definition) is 4. The molecule has 4 bridgehead atoms. The Labute approximate surface area is 193 Å². The van der Waals surface area contributed by atoms with Gasteiger partial charge < -0.3 is 10.5 Å². The highest BCUT2D eigenvalue weighted by molar-refractivity contribution is 5.21. The van der Waals surface area contributed by atoms with Crippen LogP contribution in [0.5, 0.6) is 0 Å². The third kappa shape index (κ3) is 4.92. The van der Waals surface area contributed by atoms with E-state index in [0.29, 0.717) is 12.5 Å². The van der Waals surface area contributed by atoms with E-state index in [-0.39, 0.29) is 30.6 Å². The zero-order chi connectivity index (χ0) is 23.0. The SMILES string of the molecule is NC1CC(c2ccncc2)C2NC1C1NNC(O1)C(C(F)(F)F)CCCCC[C@@H]1CCCN21. The Balaban J connectivity index is 1.44. The second-order valence-corrected chi connectivity index (χ2v) is 10.0. The molecule has 5 heterocycles. The van der Waals surface area contributed by atoms with Gasteiger partial charge in [-0.2, -0.15) is 13.2 Å². The molecule has 1 aromatic rings. The number of aromatic nitrogens is 1. The fourth-order valence-electron chi connectivity index (χ4n) is 6.28. The lowest BCUT2D eigenvalue weighted by Gasteiger charge is -2.48. The van der Waals surface area contributed by atoms with E-state index >= 15 is 0 Å². The van der Waals surface area contributed by atoms with Crippen molar-refractivity contribution in [3.05, 3.63) is 30.1 Å². The van der Waals surface area contributed by atoms with Gasteiger partial charge >= 0.3 is 6.18 Å². The number of pyridine rings is 1. The molecule has 4 aliphatic heterocycles. The topological polar surface area (TPSA) is 87.5 Å². The molecule has 0 aromatic carbocycles. The molecule has 5 rings (SSSR count). The van der Waals surface area contributed by atoms with Crippen molar-refractivity contribution in [1.29, 1.82) is 0 Å². The van der Waals surface area contributed by atoms with Crippen molar-refractivity contribution >= 4 is 0 Å². The van der Waals surface area contributed by atoms with E-state index in [0.717, 1.165) is 45.1 Å². The molecule has 4 aliphatic rings. The van der Waals surface area contributed by atoms with Crippen LogP contribution in [0, 0.1) is 5.92 Å². The lowest BCUT2D eigenvalue weighted by molar-refractivity contribution is -0.211. The highest BCUT2D eigenvalue weighted by atomic mass is 19.4. The summed E-state index contributed by atoms with van der Waals surface area (Å²) >= 11 is 0. The molecule has 1 aromatic heterocycles. The Morgan fingerprint density at radius 1 is 1.00 bits per heavy atom. The summed E-state index contributed by atoms with van der Waals surface area (Å²) in [5.41, 5.74) is 13.6. The zero-order valence-electron chi connectivity index (χ0n) is 18.8. The maximum absolute atomic E-state index is 13.8. The third-order valence-electron chi connectivity index (χ3n) is 7.97. The van der Waals surface area contributed by atoms with E-state index in [1.54, 1.807) is 0 Å². The van der Waals surface area contributed by atoms with Gasteiger partial charge in [0.05, 0.1) is 18.1 Å². The number of hydrazine groups is 1. The minimum Gasteiger partial charge on any atom is -0.340 e. The molecule has 4 saturated heterocycles. The third-order valence-corrected chi connectivity index (χ3v) is 7.97. The smallest absolute Gasteiger partial charge is 0.340 e. The molecule has 8 atom stereocenters. The molecule has 0 amide bonds. The number of ether oxygens (including phenoxy) is 1. The number of nitrogens with one attached hydrogen (secondary N) is 3. The first-order valence-electron chi connectivity index (χ1n) is 12.3. The molecule has 0 radical (unpaired) electrons. The minimum atomic E-state index is -4.31. The quantitative estimate of drug-likeness (QED) is 0.504. The normalized spacial score (nSPS) is 40.8. The van der Waals surface area contributed by atoms with Crippen LogP contribution < -0.4 is 21.9 Å². The largest absolute Gasteiger partial charge is 0.395 e. The Hall–Kier alpha value is -1.30. The van der Waals surface area contributed by atoms with Crippen molar-refractivity contribution in [1.82, 2.24) is 26.1 Å². The van der Waals surface area contributed by atoms with Crippen LogP contribution in [-0.2, 0) is 4.74 Å². The second kappa shape index (κ2) is 9.75. The molecule has 7 nitrogen and oxygen atoms in total. The highest BCUT2D eigenvalue weighted by Crippen LogP contribution is 2.39. The van der Waals surface area contributed by atoms with Crippen LogP contribution in [0.15, 0.2) is 24.5 Å². The molecule has 5 N–H and O–H groups in total. The summed E-state index contributed by atoms with van der Waals surface area (Å²) in [6, 6.07) is 3.96. The van der Waals surface area contributed by atoms with Gasteiger partial charge in [-0.3, -0.25) is 15.2 Å². The Morgan fingerprint density at radius 3 is 2.52 bits per heavy atom. The molecule has 184 valence electrons. The van der Waals surface area contributed by atoms with Crippen LogP contribution in [0.2, 0.25) is 0 Å². The fraction of sp³-hybridized carbons (Fsp3) is 0.783. The Morgan fingerprint density at radius 2 is 1.73 bits per heavy atom. The summed E-state index contributed by atoms with van der Waals surface area (Å²) in [5.74, 6) is -1.36. The lowest BCUT2D eigenvalue weighted by atomic mass is 9.82. The van der Waals surface area contributed by atoms with E-state index in [9.17, 15) is 13.2 Å². The van der Waals surface area contributed by atoms with Gasteiger partial charge in [-0.1, -0.05) is 19.3 Å². The molecule has 7 unspecified atom stereocenters. The van der Waals surface area contributed by atoms with Crippen molar-refractivity contribution in [3.63, 3.8) is 0 Å². The monoisotopic (exact) mass is 468 g/mol. The minimum absolute atomic E-state index is 0.0514. The van der Waals surface area contributed by atoms with Crippen molar-refractivity contribution in [2.75, 3.05) is 6.54 Å². The van der Waals surface area contributed by atoms with Gasteiger partial charge in [-0.15, -0.1) is 0 Å². The molecule has 33 heavy (non-hydrogen) atoms. The number of rotatable bonds is 1. The molecule has 0 spiro atoms. The molecular weight excluding hydrogens is 433 g/mol. The van der Waals surface area contributed by atoms with E-state index in [2.05, 4.69) is 26.1 Å². The molecule has 10 heteroatoms. The van der Waals surface area contributed by atoms with Gasteiger partial charge in [0, 0.05) is 30.4 Å². The lowest BCUT2D eigenvalue weighted by Crippen LogP contribution is -2.68. The van der Waals surface area contributed by atoms with Crippen LogP contribution >= 0.6 is 0 Å². The van der Waals surface area contributed by atoms with Gasteiger partial charge in [-0.05, 0) is 56.3 Å². The average Bonchev–Trinajstić information content (AvgIpc) is 3.45. The summed E-state index contributed by atoms with van der Waals surface area (Å²) in [7, 11) is 0. The number of nitrogens with two attached hydrogens (primary N) is 1. The maximum atomic E-state index is 13.8. The van der Waals surface area contributed by atoms with E-state index in [1.165, 1.54) is 5.56 Å². The predicted molar refractivity (Wildman–Crippen MR) is 118 cm³/mol. The number of halogens is 3. The summed E-state index contributed by atoms with van der Waals surface area (Å²) in [5, 5.41) is 3.73. The van der Waals surface area contributed by atoms with Crippen LogP contribution in [-0.4, -0.2) is 59.4 Å². The fourth-order valence-corrected chi connectivity index (χ4v) is 6.28. The van der Waals surface area contributed by atoms with Crippen molar-refractivity contribution in [2.24, 2.45) is 11.7 Å². The first kappa shape index (κ1) is 23.4. The van der Waals surface area contributed by atoms with Crippen LogP contribution in [0.4, 0.5) is 13.2 Å². The Bertz CT molecular complexity index is 783. The number of nitrogens with zero attached hydrogens (tertiary/aromatic N) is 2. The number of alkyl halides is 3.